The highest BCUT2D eigenvalue weighted by Crippen LogP contribution is 2.15. The minimum atomic E-state index is -0.794. The van der Waals surface area contributed by atoms with Crippen LogP contribution in [-0.4, -0.2) is 37.2 Å². The molecule has 0 rings (SSSR count). The number of hydrogen-bond acceptors (Lipinski definition) is 6. The van der Waals surface area contributed by atoms with Crippen LogP contribution in [0.3, 0.4) is 0 Å². The van der Waals surface area contributed by atoms with Crippen LogP contribution in [-0.2, 0) is 28.6 Å². The standard InChI is InChI=1S/C62H104O6/c1-4-7-10-13-16-19-22-25-28-30-31-32-35-37-40-43-46-49-52-55-61(64)67-58-59(57-66-60(63)54-51-48-45-42-39-36-33-27-24-21-18-15-12-9-6-3)68-62(65)56-53-50-47-44-41-38-34-29-26-23-20-17-14-11-8-5-2/h7,9-10,12,15-16,18-19,21,24-25,28-29,31-32,34,59H,4-6,8,11,13-14,17,20,22-23,26-27,30,33,35-58H2,1-3H3/b10-7-,12-9-,18-15-,19-16-,24-21-,28-25-,32-31-,34-29-. The molecule has 68 heavy (non-hydrogen) atoms. The molecular formula is C62H104O6. The number of unbranched alkanes of at least 4 members (excludes halogenated alkanes) is 25. The molecule has 0 aliphatic carbocycles. The molecule has 0 N–H and O–H groups in total. The quantitative estimate of drug-likeness (QED) is 0.0199. The summed E-state index contributed by atoms with van der Waals surface area (Å²) in [5.41, 5.74) is 0. The third-order valence-corrected chi connectivity index (χ3v) is 11.9. The summed E-state index contributed by atoms with van der Waals surface area (Å²) < 4.78 is 16.8. The summed E-state index contributed by atoms with van der Waals surface area (Å²) in [6, 6.07) is 0. The van der Waals surface area contributed by atoms with Gasteiger partial charge in [-0.25, -0.2) is 0 Å². The van der Waals surface area contributed by atoms with Crippen LogP contribution in [0.4, 0.5) is 0 Å². The van der Waals surface area contributed by atoms with Crippen LogP contribution in [0.1, 0.15) is 258 Å². The largest absolute Gasteiger partial charge is 0.462 e. The van der Waals surface area contributed by atoms with Crippen LogP contribution in [0.5, 0.6) is 0 Å². The lowest BCUT2D eigenvalue weighted by molar-refractivity contribution is -0.167. The molecular weight excluding hydrogens is 841 g/mol. The summed E-state index contributed by atoms with van der Waals surface area (Å²) in [5.74, 6) is -0.923. The molecule has 388 valence electrons. The Hall–Kier alpha value is -3.67. The Labute approximate surface area is 419 Å². The summed E-state index contributed by atoms with van der Waals surface area (Å²) in [6.45, 7) is 6.37. The van der Waals surface area contributed by atoms with E-state index in [0.29, 0.717) is 19.3 Å². The molecule has 0 aliphatic rings. The van der Waals surface area contributed by atoms with Crippen molar-refractivity contribution in [1.29, 1.82) is 0 Å². The first kappa shape index (κ1) is 64.3. The number of hydrogen-bond donors (Lipinski definition) is 0. The van der Waals surface area contributed by atoms with Crippen LogP contribution in [0.25, 0.3) is 0 Å². The molecule has 6 nitrogen and oxygen atoms in total. The number of rotatable bonds is 50. The van der Waals surface area contributed by atoms with Gasteiger partial charge >= 0.3 is 17.9 Å². The Morgan fingerprint density at radius 1 is 0.324 bits per heavy atom. The lowest BCUT2D eigenvalue weighted by atomic mass is 10.1. The molecule has 0 heterocycles. The van der Waals surface area contributed by atoms with E-state index in [1.807, 2.05) is 0 Å². The molecule has 0 saturated carbocycles. The highest BCUT2D eigenvalue weighted by molar-refractivity contribution is 5.71. The zero-order chi connectivity index (χ0) is 49.3. The van der Waals surface area contributed by atoms with Crippen molar-refractivity contribution >= 4 is 17.9 Å². The predicted molar refractivity (Wildman–Crippen MR) is 293 cm³/mol. The summed E-state index contributed by atoms with van der Waals surface area (Å²) >= 11 is 0. The van der Waals surface area contributed by atoms with Gasteiger partial charge in [-0.1, -0.05) is 234 Å². The third-order valence-electron chi connectivity index (χ3n) is 11.9. The maximum absolute atomic E-state index is 12.8. The molecule has 0 fully saturated rings. The average Bonchev–Trinajstić information content (AvgIpc) is 3.34. The van der Waals surface area contributed by atoms with Gasteiger partial charge in [0, 0.05) is 19.3 Å². The fraction of sp³-hybridized carbons (Fsp3) is 0.694. The first-order valence-electron chi connectivity index (χ1n) is 28.3. The van der Waals surface area contributed by atoms with E-state index >= 15 is 0 Å². The van der Waals surface area contributed by atoms with Gasteiger partial charge in [0.15, 0.2) is 6.10 Å². The van der Waals surface area contributed by atoms with Crippen LogP contribution in [0.15, 0.2) is 97.2 Å². The number of carbonyl (C=O) groups is 3. The van der Waals surface area contributed by atoms with Crippen molar-refractivity contribution in [3.8, 4) is 0 Å². The number of allylic oxidation sites excluding steroid dienone is 16. The Kier molecular flexibility index (Phi) is 52.9. The third kappa shape index (κ3) is 53.3. The fourth-order valence-corrected chi connectivity index (χ4v) is 7.66. The normalized spacial score (nSPS) is 12.8. The summed E-state index contributed by atoms with van der Waals surface area (Å²) in [7, 11) is 0. The van der Waals surface area contributed by atoms with E-state index in [2.05, 4.69) is 118 Å². The van der Waals surface area contributed by atoms with E-state index in [-0.39, 0.29) is 31.1 Å². The molecule has 0 spiro atoms. The van der Waals surface area contributed by atoms with Gasteiger partial charge in [0.1, 0.15) is 13.2 Å². The van der Waals surface area contributed by atoms with Crippen molar-refractivity contribution in [2.45, 2.75) is 264 Å². The van der Waals surface area contributed by atoms with Crippen molar-refractivity contribution < 1.29 is 28.6 Å². The average molecular weight is 946 g/mol. The number of esters is 3. The second kappa shape index (κ2) is 55.9. The second-order valence-electron chi connectivity index (χ2n) is 18.5. The van der Waals surface area contributed by atoms with E-state index < -0.39 is 6.10 Å². The second-order valence-corrected chi connectivity index (χ2v) is 18.5. The minimum Gasteiger partial charge on any atom is -0.462 e. The number of ether oxygens (including phenoxy) is 3. The highest BCUT2D eigenvalue weighted by Gasteiger charge is 2.19. The number of carbonyl (C=O) groups excluding carboxylic acids is 3. The zero-order valence-corrected chi connectivity index (χ0v) is 44.3. The Balaban J connectivity index is 4.44. The van der Waals surface area contributed by atoms with Crippen molar-refractivity contribution in [1.82, 2.24) is 0 Å². The van der Waals surface area contributed by atoms with E-state index in [4.69, 9.17) is 14.2 Å². The molecule has 1 atom stereocenters. The summed E-state index contributed by atoms with van der Waals surface area (Å²) in [5, 5.41) is 0. The van der Waals surface area contributed by atoms with Gasteiger partial charge in [-0.05, 0) is 103 Å². The van der Waals surface area contributed by atoms with Gasteiger partial charge in [0.05, 0.1) is 0 Å². The molecule has 0 amide bonds. The van der Waals surface area contributed by atoms with Gasteiger partial charge < -0.3 is 14.2 Å². The molecule has 1 unspecified atom stereocenters. The van der Waals surface area contributed by atoms with E-state index in [1.165, 1.54) is 96.3 Å². The SMILES string of the molecule is CC\C=C/C=C\C=C/CCCCCCCCCC(=O)OCC(COC(=O)CCCCCCCC/C=C\C/C=C\C/C=C\C/C=C\CC)OC(=O)CCCCCCC/C=C\CCCCCCCCC. The molecule has 0 aromatic heterocycles. The van der Waals surface area contributed by atoms with Crippen LogP contribution < -0.4 is 0 Å². The Morgan fingerprint density at radius 2 is 0.647 bits per heavy atom. The van der Waals surface area contributed by atoms with E-state index in [9.17, 15) is 14.4 Å². The highest BCUT2D eigenvalue weighted by atomic mass is 16.6. The smallest absolute Gasteiger partial charge is 0.306 e. The van der Waals surface area contributed by atoms with Gasteiger partial charge in [-0.3, -0.25) is 14.4 Å². The lowest BCUT2D eigenvalue weighted by Crippen LogP contribution is -2.30. The lowest BCUT2D eigenvalue weighted by Gasteiger charge is -2.18. The first-order chi connectivity index (χ1) is 33.5. The van der Waals surface area contributed by atoms with E-state index in [1.54, 1.807) is 0 Å². The Morgan fingerprint density at radius 3 is 1.07 bits per heavy atom. The van der Waals surface area contributed by atoms with Crippen LogP contribution in [0.2, 0.25) is 0 Å². The van der Waals surface area contributed by atoms with Crippen molar-refractivity contribution in [3.05, 3.63) is 97.2 Å². The summed E-state index contributed by atoms with van der Waals surface area (Å²) in [4.78, 5) is 38.2. The van der Waals surface area contributed by atoms with Crippen molar-refractivity contribution in [2.75, 3.05) is 13.2 Å². The zero-order valence-electron chi connectivity index (χ0n) is 44.3. The monoisotopic (exact) mass is 945 g/mol. The first-order valence-corrected chi connectivity index (χ1v) is 28.3. The molecule has 0 aromatic rings. The fourth-order valence-electron chi connectivity index (χ4n) is 7.66. The van der Waals surface area contributed by atoms with Gasteiger partial charge in [-0.15, -0.1) is 0 Å². The summed E-state index contributed by atoms with van der Waals surface area (Å²) in [6.07, 6.45) is 73.9. The minimum absolute atomic E-state index is 0.0923. The molecule has 6 heteroatoms. The van der Waals surface area contributed by atoms with Gasteiger partial charge in [0.2, 0.25) is 0 Å². The van der Waals surface area contributed by atoms with Crippen molar-refractivity contribution in [3.63, 3.8) is 0 Å². The van der Waals surface area contributed by atoms with Crippen LogP contribution >= 0.6 is 0 Å². The molecule has 0 radical (unpaired) electrons. The molecule has 0 bridgehead atoms. The van der Waals surface area contributed by atoms with Gasteiger partial charge in [0.25, 0.3) is 0 Å². The van der Waals surface area contributed by atoms with Gasteiger partial charge in [-0.2, -0.15) is 0 Å². The predicted octanol–water partition coefficient (Wildman–Crippen LogP) is 18.9. The Bertz CT molecular complexity index is 1360. The molecule has 0 aliphatic heterocycles. The maximum atomic E-state index is 12.8. The van der Waals surface area contributed by atoms with Crippen LogP contribution in [0, 0.1) is 0 Å². The molecule has 0 aromatic carbocycles. The topological polar surface area (TPSA) is 78.9 Å². The van der Waals surface area contributed by atoms with Crippen molar-refractivity contribution in [2.24, 2.45) is 0 Å². The molecule has 0 saturated heterocycles. The van der Waals surface area contributed by atoms with E-state index in [0.717, 1.165) is 122 Å². The maximum Gasteiger partial charge on any atom is 0.306 e.